The summed E-state index contributed by atoms with van der Waals surface area (Å²) in [5.41, 5.74) is 2.20. The summed E-state index contributed by atoms with van der Waals surface area (Å²) in [6.07, 6.45) is 0. The molecule has 5 nitrogen and oxygen atoms in total. The van der Waals surface area contributed by atoms with Crippen molar-refractivity contribution in [2.75, 3.05) is 11.9 Å². The van der Waals surface area contributed by atoms with Gasteiger partial charge in [-0.1, -0.05) is 0 Å². The zero-order valence-electron chi connectivity index (χ0n) is 7.46. The molecule has 0 saturated heterocycles. The van der Waals surface area contributed by atoms with Crippen LogP contribution in [-0.4, -0.2) is 17.6 Å². The first kappa shape index (κ1) is 9.94. The van der Waals surface area contributed by atoms with Crippen LogP contribution >= 0.6 is 11.3 Å². The van der Waals surface area contributed by atoms with Crippen LogP contribution in [0.15, 0.2) is 5.38 Å². The van der Waals surface area contributed by atoms with Gasteiger partial charge in [-0.15, -0.1) is 11.3 Å². The van der Waals surface area contributed by atoms with Crippen molar-refractivity contribution in [3.63, 3.8) is 0 Å². The molecule has 0 bridgehead atoms. The average Bonchev–Trinajstić information content (AvgIpc) is 2.48. The van der Waals surface area contributed by atoms with Crippen LogP contribution in [0.2, 0.25) is 0 Å². The average molecular weight is 201 g/mol. The molecule has 0 aliphatic carbocycles. The fraction of sp³-hybridized carbons (Fsp3) is 0.429. The van der Waals surface area contributed by atoms with Crippen molar-refractivity contribution in [1.82, 2.24) is 10.5 Å². The van der Waals surface area contributed by atoms with E-state index in [1.54, 1.807) is 12.3 Å². The number of aryl methyl sites for hydroxylation is 1. The lowest BCUT2D eigenvalue weighted by molar-refractivity contribution is 0.0758. The predicted octanol–water partition coefficient (Wildman–Crippen LogP) is 1.52. The number of rotatable bonds is 3. The van der Waals surface area contributed by atoms with Gasteiger partial charge in [0.15, 0.2) is 0 Å². The summed E-state index contributed by atoms with van der Waals surface area (Å²) in [7, 11) is 0. The van der Waals surface area contributed by atoms with Gasteiger partial charge >= 0.3 is 6.03 Å². The van der Waals surface area contributed by atoms with Crippen LogP contribution in [0.5, 0.6) is 0 Å². The van der Waals surface area contributed by atoms with E-state index in [2.05, 4.69) is 20.6 Å². The fourth-order valence-electron chi connectivity index (χ4n) is 0.700. The number of hydroxylamine groups is 1. The first-order valence-electron chi connectivity index (χ1n) is 3.83. The second-order valence-electron chi connectivity index (χ2n) is 2.24. The van der Waals surface area contributed by atoms with Crippen molar-refractivity contribution in [2.24, 2.45) is 0 Å². The third-order valence-electron chi connectivity index (χ3n) is 1.17. The smallest absolute Gasteiger partial charge is 0.290 e. The molecule has 6 heteroatoms. The van der Waals surface area contributed by atoms with Gasteiger partial charge in [-0.25, -0.2) is 15.3 Å². The Labute approximate surface area is 80.1 Å². The van der Waals surface area contributed by atoms with Gasteiger partial charge < -0.3 is 0 Å². The Balaban J connectivity index is 2.36. The van der Waals surface area contributed by atoms with Crippen LogP contribution in [0.4, 0.5) is 10.6 Å². The van der Waals surface area contributed by atoms with E-state index in [1.165, 1.54) is 11.3 Å². The highest BCUT2D eigenvalue weighted by Gasteiger charge is 2.02. The van der Waals surface area contributed by atoms with Crippen LogP contribution in [0, 0.1) is 6.92 Å². The lowest BCUT2D eigenvalue weighted by Crippen LogP contribution is -2.28. The van der Waals surface area contributed by atoms with Crippen molar-refractivity contribution >= 4 is 23.2 Å². The molecule has 0 aliphatic heterocycles. The molecule has 0 unspecified atom stereocenters. The van der Waals surface area contributed by atoms with Crippen LogP contribution < -0.4 is 10.8 Å². The number of anilines is 1. The highest BCUT2D eigenvalue weighted by atomic mass is 32.1. The van der Waals surface area contributed by atoms with Crippen LogP contribution in [0.1, 0.15) is 11.9 Å². The van der Waals surface area contributed by atoms with E-state index in [-0.39, 0.29) is 0 Å². The second-order valence-corrected chi connectivity index (χ2v) is 3.30. The Morgan fingerprint density at radius 1 is 1.77 bits per heavy atom. The molecular weight excluding hydrogens is 190 g/mol. The van der Waals surface area contributed by atoms with Crippen LogP contribution in [0.25, 0.3) is 0 Å². The molecule has 2 amide bonds. The number of nitrogens with one attached hydrogen (secondary N) is 2. The Morgan fingerprint density at radius 3 is 3.08 bits per heavy atom. The summed E-state index contributed by atoms with van der Waals surface area (Å²) in [6.45, 7) is 4.09. The molecule has 1 heterocycles. The number of aromatic nitrogens is 1. The normalized spacial score (nSPS) is 9.69. The number of carbonyl (C=O) groups is 1. The highest BCUT2D eigenvalue weighted by Crippen LogP contribution is 2.11. The number of hydrogen-bond acceptors (Lipinski definition) is 4. The monoisotopic (exact) mass is 201 g/mol. The number of thiazole rings is 1. The molecule has 0 radical (unpaired) electrons. The number of carbonyl (C=O) groups excluding carboxylic acids is 1. The van der Waals surface area contributed by atoms with Gasteiger partial charge in [0.05, 0.1) is 11.6 Å². The molecule has 0 aromatic carbocycles. The van der Waals surface area contributed by atoms with E-state index in [0.717, 1.165) is 5.01 Å². The summed E-state index contributed by atoms with van der Waals surface area (Å²) in [5, 5.41) is 5.20. The lowest BCUT2D eigenvalue weighted by atomic mass is 10.7. The minimum Gasteiger partial charge on any atom is -0.290 e. The molecule has 0 atom stereocenters. The predicted molar refractivity (Wildman–Crippen MR) is 50.6 cm³/mol. The Bertz CT molecular complexity index is 287. The molecule has 1 rings (SSSR count). The number of amides is 2. The molecular formula is C7H11N3O2S. The third kappa shape index (κ3) is 3.39. The second kappa shape index (κ2) is 4.78. The summed E-state index contributed by atoms with van der Waals surface area (Å²) < 4.78 is 0. The topological polar surface area (TPSA) is 63.2 Å². The van der Waals surface area contributed by atoms with Crippen molar-refractivity contribution in [3.8, 4) is 0 Å². The first-order valence-corrected chi connectivity index (χ1v) is 4.71. The SMILES string of the molecule is CCONC(=O)Nc1csc(C)n1. The Hall–Kier alpha value is -1.14. The van der Waals surface area contributed by atoms with Crippen molar-refractivity contribution in [1.29, 1.82) is 0 Å². The van der Waals surface area contributed by atoms with E-state index in [0.29, 0.717) is 12.4 Å². The Morgan fingerprint density at radius 2 is 2.54 bits per heavy atom. The maximum absolute atomic E-state index is 11.0. The molecule has 1 aromatic heterocycles. The molecule has 72 valence electrons. The minimum atomic E-state index is -0.410. The van der Waals surface area contributed by atoms with Crippen molar-refractivity contribution in [3.05, 3.63) is 10.4 Å². The maximum Gasteiger partial charge on any atom is 0.344 e. The van der Waals surface area contributed by atoms with E-state index in [1.807, 2.05) is 6.92 Å². The first-order chi connectivity index (χ1) is 6.22. The zero-order valence-corrected chi connectivity index (χ0v) is 8.27. The molecule has 0 saturated carbocycles. The largest absolute Gasteiger partial charge is 0.344 e. The van der Waals surface area contributed by atoms with Crippen molar-refractivity contribution < 1.29 is 9.63 Å². The fourth-order valence-corrected chi connectivity index (χ4v) is 1.25. The quantitative estimate of drug-likeness (QED) is 0.729. The maximum atomic E-state index is 11.0. The van der Waals surface area contributed by atoms with E-state index < -0.39 is 6.03 Å². The van der Waals surface area contributed by atoms with Crippen LogP contribution in [0.3, 0.4) is 0 Å². The molecule has 13 heavy (non-hydrogen) atoms. The Kier molecular flexibility index (Phi) is 3.66. The molecule has 0 fully saturated rings. The van der Waals surface area contributed by atoms with Gasteiger partial charge in [-0.2, -0.15) is 0 Å². The zero-order chi connectivity index (χ0) is 9.68. The molecule has 0 aliphatic rings. The van der Waals surface area contributed by atoms with Gasteiger partial charge in [0.25, 0.3) is 0 Å². The van der Waals surface area contributed by atoms with Gasteiger partial charge in [0.1, 0.15) is 5.82 Å². The van der Waals surface area contributed by atoms with Crippen LogP contribution in [-0.2, 0) is 4.84 Å². The number of nitrogens with zero attached hydrogens (tertiary/aromatic N) is 1. The lowest BCUT2D eigenvalue weighted by Gasteiger charge is -2.02. The van der Waals surface area contributed by atoms with E-state index >= 15 is 0 Å². The molecule has 0 spiro atoms. The highest BCUT2D eigenvalue weighted by molar-refractivity contribution is 7.09. The summed E-state index contributed by atoms with van der Waals surface area (Å²) in [6, 6.07) is -0.410. The summed E-state index contributed by atoms with van der Waals surface area (Å²) in [5.74, 6) is 0.541. The van der Waals surface area contributed by atoms with Gasteiger partial charge in [0, 0.05) is 5.38 Å². The number of urea groups is 1. The minimum absolute atomic E-state index is 0.410. The van der Waals surface area contributed by atoms with Gasteiger partial charge in [-0.05, 0) is 13.8 Å². The summed E-state index contributed by atoms with van der Waals surface area (Å²) >= 11 is 1.48. The number of hydrogen-bond donors (Lipinski definition) is 2. The van der Waals surface area contributed by atoms with Gasteiger partial charge in [0.2, 0.25) is 0 Å². The molecule has 2 N–H and O–H groups in total. The standard InChI is InChI=1S/C7H11N3O2S/c1-3-12-10-7(11)9-6-4-13-5(2)8-6/h4H,3H2,1-2H3,(H2,9,10,11). The van der Waals surface area contributed by atoms with Crippen molar-refractivity contribution in [2.45, 2.75) is 13.8 Å². The van der Waals surface area contributed by atoms with E-state index in [4.69, 9.17) is 0 Å². The van der Waals surface area contributed by atoms with Gasteiger partial charge in [-0.3, -0.25) is 10.2 Å². The molecule has 1 aromatic rings. The third-order valence-corrected chi connectivity index (χ3v) is 1.94. The van der Waals surface area contributed by atoms with E-state index in [9.17, 15) is 4.79 Å². The summed E-state index contributed by atoms with van der Waals surface area (Å²) in [4.78, 5) is 19.7.